The van der Waals surface area contributed by atoms with Crippen LogP contribution in [0.15, 0.2) is 48.5 Å². The zero-order valence-corrected chi connectivity index (χ0v) is 14.2. The van der Waals surface area contributed by atoms with Gasteiger partial charge in [-0.15, -0.1) is 5.10 Å². The van der Waals surface area contributed by atoms with E-state index >= 15 is 0 Å². The quantitative estimate of drug-likeness (QED) is 0.630. The molecule has 8 heteroatoms. The second kappa shape index (κ2) is 7.76. The third-order valence-electron chi connectivity index (χ3n) is 3.38. The van der Waals surface area contributed by atoms with Gasteiger partial charge >= 0.3 is 5.97 Å². The number of esters is 1. The van der Waals surface area contributed by atoms with Crippen molar-refractivity contribution in [2.75, 3.05) is 6.61 Å². The molecule has 3 aromatic rings. The van der Waals surface area contributed by atoms with Crippen LogP contribution in [0, 0.1) is 6.92 Å². The summed E-state index contributed by atoms with van der Waals surface area (Å²) in [6, 6.07) is 14.5. The topological polar surface area (TPSA) is 79.1 Å². The van der Waals surface area contributed by atoms with Gasteiger partial charge in [0.2, 0.25) is 0 Å². The Balaban J connectivity index is 1.55. The molecule has 0 aliphatic heterocycles. The third-order valence-corrected chi connectivity index (χ3v) is 3.81. The van der Waals surface area contributed by atoms with Crippen molar-refractivity contribution in [3.8, 4) is 11.4 Å². The molecule has 1 aromatic heterocycles. The number of ether oxygens (including phenoxy) is 2. The van der Waals surface area contributed by atoms with Gasteiger partial charge in [-0.1, -0.05) is 29.8 Å². The number of para-hydroxylation sites is 1. The molecule has 0 aliphatic rings. The van der Waals surface area contributed by atoms with Gasteiger partial charge in [-0.2, -0.15) is 4.68 Å². The number of hydrogen-bond donors (Lipinski definition) is 0. The Morgan fingerprint density at radius 2 is 2.00 bits per heavy atom. The van der Waals surface area contributed by atoms with Gasteiger partial charge in [0.1, 0.15) is 5.75 Å². The fourth-order valence-electron chi connectivity index (χ4n) is 2.10. The maximum atomic E-state index is 11.9. The number of carbonyl (C=O) groups excluding carboxylic acids is 1. The van der Waals surface area contributed by atoms with E-state index in [1.54, 1.807) is 18.2 Å². The zero-order chi connectivity index (χ0) is 17.6. The van der Waals surface area contributed by atoms with E-state index in [9.17, 15) is 4.79 Å². The molecule has 0 N–H and O–H groups in total. The number of hydrogen-bond acceptors (Lipinski definition) is 6. The highest BCUT2D eigenvalue weighted by Gasteiger charge is 2.12. The third kappa shape index (κ3) is 4.33. The minimum atomic E-state index is -0.518. The average molecular weight is 359 g/mol. The lowest BCUT2D eigenvalue weighted by Crippen LogP contribution is -2.16. The first-order valence-corrected chi connectivity index (χ1v) is 7.88. The van der Waals surface area contributed by atoms with E-state index < -0.39 is 5.97 Å². The summed E-state index contributed by atoms with van der Waals surface area (Å²) in [5.41, 5.74) is 1.65. The predicted molar refractivity (Wildman–Crippen MR) is 90.6 cm³/mol. The van der Waals surface area contributed by atoms with Crippen LogP contribution >= 0.6 is 11.6 Å². The van der Waals surface area contributed by atoms with E-state index in [1.165, 1.54) is 4.68 Å². The summed E-state index contributed by atoms with van der Waals surface area (Å²) in [6.45, 7) is 1.59. The lowest BCUT2D eigenvalue weighted by Gasteiger charge is -2.08. The highest BCUT2D eigenvalue weighted by molar-refractivity contribution is 6.31. The lowest BCUT2D eigenvalue weighted by atomic mass is 10.2. The molecule has 0 fully saturated rings. The number of rotatable bonds is 6. The van der Waals surface area contributed by atoms with E-state index in [2.05, 4.69) is 15.5 Å². The molecule has 1 heterocycles. The van der Waals surface area contributed by atoms with Crippen molar-refractivity contribution in [3.05, 3.63) is 64.9 Å². The van der Waals surface area contributed by atoms with Crippen molar-refractivity contribution >= 4 is 17.6 Å². The first-order chi connectivity index (χ1) is 12.1. The Labute approximate surface area is 149 Å². The first kappa shape index (κ1) is 16.9. The van der Waals surface area contributed by atoms with Gasteiger partial charge < -0.3 is 9.47 Å². The normalized spacial score (nSPS) is 10.5. The fourth-order valence-corrected chi connectivity index (χ4v) is 2.22. The van der Waals surface area contributed by atoms with Crippen LogP contribution in [0.5, 0.6) is 5.75 Å². The number of nitrogens with zero attached hydrogens (tertiary/aromatic N) is 4. The van der Waals surface area contributed by atoms with Gasteiger partial charge in [0.15, 0.2) is 19.0 Å². The number of benzene rings is 2. The van der Waals surface area contributed by atoms with Gasteiger partial charge in [-0.25, -0.2) is 4.79 Å². The van der Waals surface area contributed by atoms with Gasteiger partial charge in [0, 0.05) is 5.02 Å². The SMILES string of the molecule is Cc1cc(OCC(=O)OCc2nnnn2-c2ccccc2)ccc1Cl. The van der Waals surface area contributed by atoms with Crippen molar-refractivity contribution in [1.29, 1.82) is 0 Å². The van der Waals surface area contributed by atoms with Crippen LogP contribution in [-0.2, 0) is 16.1 Å². The van der Waals surface area contributed by atoms with Crippen LogP contribution < -0.4 is 4.74 Å². The Kier molecular flexibility index (Phi) is 5.25. The van der Waals surface area contributed by atoms with Gasteiger partial charge in [-0.3, -0.25) is 0 Å². The molecule has 0 unspecified atom stereocenters. The number of aromatic nitrogens is 4. The predicted octanol–water partition coefficient (Wildman–Crippen LogP) is 2.75. The molecular formula is C17H15ClN4O3. The zero-order valence-electron chi connectivity index (χ0n) is 13.4. The second-order valence-electron chi connectivity index (χ2n) is 5.20. The minimum absolute atomic E-state index is 0.0519. The van der Waals surface area contributed by atoms with E-state index in [1.807, 2.05) is 37.3 Å². The maximum absolute atomic E-state index is 11.9. The van der Waals surface area contributed by atoms with Crippen LogP contribution in [0.3, 0.4) is 0 Å². The second-order valence-corrected chi connectivity index (χ2v) is 5.61. The van der Waals surface area contributed by atoms with Crippen molar-refractivity contribution in [3.63, 3.8) is 0 Å². The Morgan fingerprint density at radius 3 is 2.76 bits per heavy atom. The molecule has 3 rings (SSSR count). The molecule has 0 amide bonds. The molecule has 0 atom stereocenters. The van der Waals surface area contributed by atoms with Gasteiger partial charge in [0.25, 0.3) is 0 Å². The van der Waals surface area contributed by atoms with E-state index in [4.69, 9.17) is 21.1 Å². The molecular weight excluding hydrogens is 344 g/mol. The van der Waals surface area contributed by atoms with E-state index in [-0.39, 0.29) is 13.2 Å². The standard InChI is InChI=1S/C17H15ClN4O3/c1-12-9-14(7-8-15(12)18)24-11-17(23)25-10-16-19-20-21-22(16)13-5-3-2-4-6-13/h2-9H,10-11H2,1H3. The molecule has 128 valence electrons. The summed E-state index contributed by atoms with van der Waals surface area (Å²) >= 11 is 5.95. The lowest BCUT2D eigenvalue weighted by molar-refractivity contribution is -0.147. The Bertz CT molecular complexity index is 867. The Morgan fingerprint density at radius 1 is 1.20 bits per heavy atom. The summed E-state index contributed by atoms with van der Waals surface area (Å²) in [7, 11) is 0. The summed E-state index contributed by atoms with van der Waals surface area (Å²) in [5, 5.41) is 12.0. The molecule has 2 aromatic carbocycles. The summed E-state index contributed by atoms with van der Waals surface area (Å²) < 4.78 is 12.1. The molecule has 7 nitrogen and oxygen atoms in total. The molecule has 0 radical (unpaired) electrons. The van der Waals surface area contributed by atoms with Crippen LogP contribution in [0.1, 0.15) is 11.4 Å². The number of halogens is 1. The smallest absolute Gasteiger partial charge is 0.344 e. The summed E-state index contributed by atoms with van der Waals surface area (Å²) in [6.07, 6.45) is 0. The minimum Gasteiger partial charge on any atom is -0.482 e. The summed E-state index contributed by atoms with van der Waals surface area (Å²) in [4.78, 5) is 11.9. The highest BCUT2D eigenvalue weighted by atomic mass is 35.5. The summed E-state index contributed by atoms with van der Waals surface area (Å²) in [5.74, 6) is 0.449. The largest absolute Gasteiger partial charge is 0.482 e. The Hall–Kier alpha value is -2.93. The van der Waals surface area contributed by atoms with Crippen LogP contribution in [0.25, 0.3) is 5.69 Å². The van der Waals surface area contributed by atoms with Crippen LogP contribution in [-0.4, -0.2) is 32.8 Å². The highest BCUT2D eigenvalue weighted by Crippen LogP contribution is 2.21. The van der Waals surface area contributed by atoms with Gasteiger partial charge in [-0.05, 0) is 53.2 Å². The molecule has 0 bridgehead atoms. The fraction of sp³-hybridized carbons (Fsp3) is 0.176. The molecule has 25 heavy (non-hydrogen) atoms. The molecule has 0 aliphatic carbocycles. The molecule has 0 spiro atoms. The van der Waals surface area contributed by atoms with Crippen molar-refractivity contribution < 1.29 is 14.3 Å². The van der Waals surface area contributed by atoms with E-state index in [0.29, 0.717) is 16.6 Å². The van der Waals surface area contributed by atoms with Gasteiger partial charge in [0.05, 0.1) is 5.69 Å². The first-order valence-electron chi connectivity index (χ1n) is 7.51. The number of tetrazole rings is 1. The number of carbonyl (C=O) groups is 1. The molecule has 0 saturated carbocycles. The molecule has 0 saturated heterocycles. The van der Waals surface area contributed by atoms with Crippen LogP contribution in [0.2, 0.25) is 5.02 Å². The van der Waals surface area contributed by atoms with Crippen LogP contribution in [0.4, 0.5) is 0 Å². The van der Waals surface area contributed by atoms with Crippen molar-refractivity contribution in [1.82, 2.24) is 20.2 Å². The monoisotopic (exact) mass is 358 g/mol. The van der Waals surface area contributed by atoms with Crippen molar-refractivity contribution in [2.45, 2.75) is 13.5 Å². The maximum Gasteiger partial charge on any atom is 0.344 e. The van der Waals surface area contributed by atoms with E-state index in [0.717, 1.165) is 11.3 Å². The van der Waals surface area contributed by atoms with Crippen molar-refractivity contribution in [2.24, 2.45) is 0 Å². The average Bonchev–Trinajstić information content (AvgIpc) is 3.10. The number of aryl methyl sites for hydroxylation is 1.